The Morgan fingerprint density at radius 3 is 2.85 bits per heavy atom. The molecule has 0 unspecified atom stereocenters. The molecule has 1 aliphatic rings. The van der Waals surface area contributed by atoms with Gasteiger partial charge in [-0.05, 0) is 13.3 Å². The van der Waals surface area contributed by atoms with E-state index < -0.39 is 0 Å². The molecule has 1 aromatic heterocycles. The fourth-order valence-corrected chi connectivity index (χ4v) is 1.74. The summed E-state index contributed by atoms with van der Waals surface area (Å²) in [6.07, 6.45) is 2.98. The van der Waals surface area contributed by atoms with Gasteiger partial charge in [-0.2, -0.15) is 0 Å². The van der Waals surface area contributed by atoms with Gasteiger partial charge in [-0.1, -0.05) is 0 Å². The van der Waals surface area contributed by atoms with Crippen LogP contribution in [0.15, 0.2) is 6.20 Å². The molecule has 13 heavy (non-hydrogen) atoms. The van der Waals surface area contributed by atoms with Gasteiger partial charge in [0.05, 0.1) is 6.20 Å². The number of aromatic nitrogens is 2. The first-order chi connectivity index (χ1) is 6.18. The van der Waals surface area contributed by atoms with Crippen LogP contribution in [0.5, 0.6) is 0 Å². The molecule has 72 valence electrons. The van der Waals surface area contributed by atoms with Crippen molar-refractivity contribution in [2.24, 2.45) is 12.8 Å². The molecular weight excluding hydrogens is 164 g/mol. The lowest BCUT2D eigenvalue weighted by atomic mass is 10.3. The zero-order valence-corrected chi connectivity index (χ0v) is 8.20. The molecular formula is C9H16N4. The third-order valence-corrected chi connectivity index (χ3v) is 2.70. The molecule has 0 amide bonds. The van der Waals surface area contributed by atoms with E-state index in [2.05, 4.69) is 21.4 Å². The summed E-state index contributed by atoms with van der Waals surface area (Å²) in [4.78, 5) is 6.61. The van der Waals surface area contributed by atoms with E-state index in [0.717, 1.165) is 25.5 Å². The summed E-state index contributed by atoms with van der Waals surface area (Å²) < 4.78 is 2.11. The Hall–Kier alpha value is -1.03. The van der Waals surface area contributed by atoms with Crippen molar-refractivity contribution in [3.8, 4) is 0 Å². The van der Waals surface area contributed by atoms with Crippen molar-refractivity contribution in [3.63, 3.8) is 0 Å². The second-order valence-electron chi connectivity index (χ2n) is 3.75. The van der Waals surface area contributed by atoms with Crippen molar-refractivity contribution in [2.45, 2.75) is 19.4 Å². The van der Waals surface area contributed by atoms with Crippen LogP contribution in [0.25, 0.3) is 0 Å². The standard InChI is InChI=1S/C9H16N4/c1-7-5-11-9(12(7)2)13-4-3-8(10)6-13/h5,8H,3-4,6,10H2,1-2H3/t8-/m1/s1. The number of hydrogen-bond acceptors (Lipinski definition) is 3. The number of rotatable bonds is 1. The molecule has 1 saturated heterocycles. The van der Waals surface area contributed by atoms with Gasteiger partial charge in [-0.3, -0.25) is 0 Å². The fraction of sp³-hybridized carbons (Fsp3) is 0.667. The van der Waals surface area contributed by atoms with Crippen molar-refractivity contribution in [1.29, 1.82) is 0 Å². The first-order valence-electron chi connectivity index (χ1n) is 4.67. The molecule has 0 radical (unpaired) electrons. The van der Waals surface area contributed by atoms with E-state index in [9.17, 15) is 0 Å². The SMILES string of the molecule is Cc1cnc(N2CC[C@@H](N)C2)n1C. The molecule has 2 heterocycles. The lowest BCUT2D eigenvalue weighted by Crippen LogP contribution is -2.28. The van der Waals surface area contributed by atoms with Crippen molar-refractivity contribution < 1.29 is 0 Å². The highest BCUT2D eigenvalue weighted by Gasteiger charge is 2.22. The number of nitrogens with zero attached hydrogens (tertiary/aromatic N) is 3. The Kier molecular flexibility index (Phi) is 2.00. The topological polar surface area (TPSA) is 47.1 Å². The van der Waals surface area contributed by atoms with E-state index in [1.54, 1.807) is 0 Å². The summed E-state index contributed by atoms with van der Waals surface area (Å²) in [6, 6.07) is 0.317. The maximum absolute atomic E-state index is 5.84. The molecule has 0 aliphatic carbocycles. The quantitative estimate of drug-likeness (QED) is 0.674. The molecule has 1 fully saturated rings. The number of anilines is 1. The fourth-order valence-electron chi connectivity index (χ4n) is 1.74. The molecule has 2 N–H and O–H groups in total. The minimum atomic E-state index is 0.317. The van der Waals surface area contributed by atoms with Crippen LogP contribution in [-0.2, 0) is 7.05 Å². The second kappa shape index (κ2) is 3.03. The van der Waals surface area contributed by atoms with Crippen LogP contribution in [0.4, 0.5) is 5.95 Å². The average molecular weight is 180 g/mol. The van der Waals surface area contributed by atoms with Crippen molar-refractivity contribution >= 4 is 5.95 Å². The number of hydrogen-bond donors (Lipinski definition) is 1. The third-order valence-electron chi connectivity index (χ3n) is 2.70. The van der Waals surface area contributed by atoms with Crippen LogP contribution >= 0.6 is 0 Å². The molecule has 1 aromatic rings. The molecule has 0 bridgehead atoms. The normalized spacial score (nSPS) is 22.7. The van der Waals surface area contributed by atoms with Gasteiger partial charge in [0, 0.05) is 31.9 Å². The lowest BCUT2D eigenvalue weighted by Gasteiger charge is -2.16. The smallest absolute Gasteiger partial charge is 0.205 e. The van der Waals surface area contributed by atoms with Gasteiger partial charge in [0.15, 0.2) is 0 Å². The molecule has 0 aromatic carbocycles. The number of aryl methyl sites for hydroxylation is 1. The molecule has 2 rings (SSSR count). The summed E-state index contributed by atoms with van der Waals surface area (Å²) in [5.41, 5.74) is 7.03. The maximum Gasteiger partial charge on any atom is 0.205 e. The van der Waals surface area contributed by atoms with Gasteiger partial charge >= 0.3 is 0 Å². The molecule has 0 saturated carbocycles. The van der Waals surface area contributed by atoms with Gasteiger partial charge in [-0.15, -0.1) is 0 Å². The third kappa shape index (κ3) is 1.42. The van der Waals surface area contributed by atoms with Gasteiger partial charge in [-0.25, -0.2) is 4.98 Å². The van der Waals surface area contributed by atoms with Crippen molar-refractivity contribution in [1.82, 2.24) is 9.55 Å². The Morgan fingerprint density at radius 2 is 2.38 bits per heavy atom. The van der Waals surface area contributed by atoms with Crippen molar-refractivity contribution in [3.05, 3.63) is 11.9 Å². The summed E-state index contributed by atoms with van der Waals surface area (Å²) in [6.45, 7) is 4.03. The van der Waals surface area contributed by atoms with Gasteiger partial charge in [0.25, 0.3) is 0 Å². The molecule has 1 atom stereocenters. The summed E-state index contributed by atoms with van der Waals surface area (Å²) in [5.74, 6) is 1.05. The Bertz CT molecular complexity index is 305. The minimum absolute atomic E-state index is 0.317. The molecule has 4 nitrogen and oxygen atoms in total. The highest BCUT2D eigenvalue weighted by atomic mass is 15.3. The minimum Gasteiger partial charge on any atom is -0.341 e. The largest absolute Gasteiger partial charge is 0.341 e. The van der Waals surface area contributed by atoms with Crippen LogP contribution < -0.4 is 10.6 Å². The van der Waals surface area contributed by atoms with Gasteiger partial charge < -0.3 is 15.2 Å². The monoisotopic (exact) mass is 180 g/mol. The van der Waals surface area contributed by atoms with E-state index in [0.29, 0.717) is 6.04 Å². The predicted molar refractivity (Wildman–Crippen MR) is 52.8 cm³/mol. The van der Waals surface area contributed by atoms with Gasteiger partial charge in [0.2, 0.25) is 5.95 Å². The van der Waals surface area contributed by atoms with Crippen LogP contribution in [-0.4, -0.2) is 28.7 Å². The summed E-state index contributed by atoms with van der Waals surface area (Å²) >= 11 is 0. The van der Waals surface area contributed by atoms with Gasteiger partial charge in [0.1, 0.15) is 0 Å². The highest BCUT2D eigenvalue weighted by molar-refractivity contribution is 5.35. The Labute approximate surface area is 78.4 Å². The van der Waals surface area contributed by atoms with Crippen LogP contribution in [0.2, 0.25) is 0 Å². The Morgan fingerprint density at radius 1 is 1.62 bits per heavy atom. The van der Waals surface area contributed by atoms with E-state index in [-0.39, 0.29) is 0 Å². The summed E-state index contributed by atoms with van der Waals surface area (Å²) in [7, 11) is 2.04. The van der Waals surface area contributed by atoms with Crippen LogP contribution in [0.1, 0.15) is 12.1 Å². The number of nitrogens with two attached hydrogens (primary N) is 1. The highest BCUT2D eigenvalue weighted by Crippen LogP contribution is 2.18. The summed E-state index contributed by atoms with van der Waals surface area (Å²) in [5, 5.41) is 0. The van der Waals surface area contributed by atoms with E-state index in [1.165, 1.54) is 5.69 Å². The molecule has 1 aliphatic heterocycles. The first-order valence-corrected chi connectivity index (χ1v) is 4.67. The average Bonchev–Trinajstić information content (AvgIpc) is 2.62. The maximum atomic E-state index is 5.84. The molecule has 4 heteroatoms. The number of imidazole rings is 1. The van der Waals surface area contributed by atoms with Crippen LogP contribution in [0.3, 0.4) is 0 Å². The predicted octanol–water partition coefficient (Wildman–Crippen LogP) is 0.266. The molecule has 0 spiro atoms. The second-order valence-corrected chi connectivity index (χ2v) is 3.75. The zero-order chi connectivity index (χ0) is 9.42. The van der Waals surface area contributed by atoms with Crippen molar-refractivity contribution in [2.75, 3.05) is 18.0 Å². The Balaban J connectivity index is 2.21. The zero-order valence-electron chi connectivity index (χ0n) is 8.20. The van der Waals surface area contributed by atoms with Crippen LogP contribution in [0, 0.1) is 6.92 Å². The van der Waals surface area contributed by atoms with E-state index in [4.69, 9.17) is 5.73 Å². The first kappa shape index (κ1) is 8.56. The lowest BCUT2D eigenvalue weighted by molar-refractivity contribution is 0.745. The van der Waals surface area contributed by atoms with E-state index >= 15 is 0 Å². The van der Waals surface area contributed by atoms with E-state index in [1.807, 2.05) is 13.2 Å².